The largest absolute Gasteiger partial charge is 0.508 e. The van der Waals surface area contributed by atoms with Crippen molar-refractivity contribution < 1.29 is 14.9 Å². The van der Waals surface area contributed by atoms with Crippen molar-refractivity contribution in [3.63, 3.8) is 0 Å². The summed E-state index contributed by atoms with van der Waals surface area (Å²) in [6.45, 7) is 4.83. The Morgan fingerprint density at radius 1 is 1.24 bits per heavy atom. The number of unbranched alkanes of at least 4 members (excludes halogenated alkanes) is 1. The highest BCUT2D eigenvalue weighted by molar-refractivity contribution is 5.54. The van der Waals surface area contributed by atoms with Crippen LogP contribution in [0, 0.1) is 5.92 Å². The zero-order valence-corrected chi connectivity index (χ0v) is 17.6. The summed E-state index contributed by atoms with van der Waals surface area (Å²) < 4.78 is 6.47. The van der Waals surface area contributed by atoms with Gasteiger partial charge in [0.25, 0.3) is 0 Å². The molecule has 2 fully saturated rings. The second-order valence-electron chi connectivity index (χ2n) is 9.84. The third kappa shape index (κ3) is 3.69. The second-order valence-corrected chi connectivity index (χ2v) is 9.84. The van der Waals surface area contributed by atoms with Crippen molar-refractivity contribution in [3.05, 3.63) is 33.7 Å². The highest BCUT2D eigenvalue weighted by Crippen LogP contribution is 2.57. The number of aliphatic hydroxyl groups is 1. The quantitative estimate of drug-likeness (QED) is 0.277. The Morgan fingerprint density at radius 2 is 2.03 bits per heavy atom. The summed E-state index contributed by atoms with van der Waals surface area (Å²) in [5.41, 5.74) is 10.3. The van der Waals surface area contributed by atoms with E-state index >= 15 is 0 Å². The van der Waals surface area contributed by atoms with Gasteiger partial charge in [-0.2, -0.15) is 0 Å². The molecule has 2 aliphatic carbocycles. The maximum Gasteiger partial charge on any atom is 0.127 e. The van der Waals surface area contributed by atoms with E-state index in [9.17, 15) is 10.2 Å². The number of aromatic hydroxyl groups is 1. The van der Waals surface area contributed by atoms with E-state index in [2.05, 4.69) is 29.9 Å². The molecule has 29 heavy (non-hydrogen) atoms. The van der Waals surface area contributed by atoms with E-state index < -0.39 is 0 Å². The first-order valence-corrected chi connectivity index (χ1v) is 11.1. The van der Waals surface area contributed by atoms with E-state index in [1.165, 1.54) is 12.0 Å². The van der Waals surface area contributed by atoms with Gasteiger partial charge in [0, 0.05) is 28.9 Å². The van der Waals surface area contributed by atoms with Crippen LogP contribution in [0.4, 0.5) is 0 Å². The number of aliphatic hydroxyl groups excluding tert-OH is 1. The molecule has 1 aromatic carbocycles. The van der Waals surface area contributed by atoms with Gasteiger partial charge in [-0.25, -0.2) is 0 Å². The summed E-state index contributed by atoms with van der Waals surface area (Å²) in [6, 6.07) is 4.13. The molecule has 0 radical (unpaired) electrons. The maximum atomic E-state index is 11.0. The molecule has 6 heteroatoms. The second kappa shape index (κ2) is 7.73. The van der Waals surface area contributed by atoms with Gasteiger partial charge in [-0.05, 0) is 87.4 Å². The number of phenolic OH excluding ortho intramolecular Hbond substituents is 1. The zero-order chi connectivity index (χ0) is 20.6. The lowest BCUT2D eigenvalue weighted by molar-refractivity contribution is -0.0318. The number of hydrogen-bond donors (Lipinski definition) is 2. The summed E-state index contributed by atoms with van der Waals surface area (Å²) in [4.78, 5) is 2.83. The molecule has 2 saturated carbocycles. The number of azide groups is 1. The molecule has 0 aromatic heterocycles. The van der Waals surface area contributed by atoms with Gasteiger partial charge in [0.05, 0.1) is 6.10 Å². The summed E-state index contributed by atoms with van der Waals surface area (Å²) >= 11 is 0. The summed E-state index contributed by atoms with van der Waals surface area (Å²) in [5.74, 6) is 1.60. The molecule has 1 aliphatic heterocycles. The number of rotatable bonds is 6. The van der Waals surface area contributed by atoms with E-state index in [0.29, 0.717) is 24.6 Å². The van der Waals surface area contributed by atoms with Crippen molar-refractivity contribution in [2.24, 2.45) is 11.0 Å². The number of phenols is 1. The third-order valence-corrected chi connectivity index (χ3v) is 7.73. The van der Waals surface area contributed by atoms with Crippen LogP contribution in [0.3, 0.4) is 0 Å². The Morgan fingerprint density at radius 3 is 2.72 bits per heavy atom. The third-order valence-electron chi connectivity index (χ3n) is 7.73. The smallest absolute Gasteiger partial charge is 0.127 e. The highest BCUT2D eigenvalue weighted by Gasteiger charge is 2.48. The van der Waals surface area contributed by atoms with Crippen LogP contribution >= 0.6 is 0 Å². The molecule has 3 aliphatic rings. The minimum absolute atomic E-state index is 0.0965. The summed E-state index contributed by atoms with van der Waals surface area (Å²) in [7, 11) is 0. The molecule has 4 rings (SSSR count). The van der Waals surface area contributed by atoms with Crippen LogP contribution in [0.5, 0.6) is 11.5 Å². The van der Waals surface area contributed by atoms with Gasteiger partial charge in [0.2, 0.25) is 0 Å². The molecule has 1 aromatic rings. The van der Waals surface area contributed by atoms with Crippen molar-refractivity contribution in [1.82, 2.24) is 0 Å². The molecule has 0 saturated heterocycles. The van der Waals surface area contributed by atoms with Gasteiger partial charge < -0.3 is 14.9 Å². The molecule has 0 amide bonds. The molecule has 0 bridgehead atoms. The summed E-state index contributed by atoms with van der Waals surface area (Å²) in [6.07, 6.45) is 8.54. The SMILES string of the molecule is CC1(C)Oc2cc(C3(CCCCN=[N+]=[N-])CCC3)cc(O)c2[C@@H]2C[C@@H](O)CC[C@H]21. The van der Waals surface area contributed by atoms with Gasteiger partial charge in [-0.15, -0.1) is 0 Å². The summed E-state index contributed by atoms with van der Waals surface area (Å²) in [5, 5.41) is 25.0. The Bertz CT molecular complexity index is 812. The van der Waals surface area contributed by atoms with E-state index in [0.717, 1.165) is 56.3 Å². The highest BCUT2D eigenvalue weighted by atomic mass is 16.5. The van der Waals surface area contributed by atoms with Crippen LogP contribution in [0.25, 0.3) is 10.4 Å². The van der Waals surface area contributed by atoms with E-state index in [4.69, 9.17) is 10.3 Å². The predicted octanol–water partition coefficient (Wildman–Crippen LogP) is 5.71. The van der Waals surface area contributed by atoms with Crippen molar-refractivity contribution >= 4 is 0 Å². The lowest BCUT2D eigenvalue weighted by atomic mass is 9.61. The first-order valence-electron chi connectivity index (χ1n) is 11.1. The van der Waals surface area contributed by atoms with Crippen LogP contribution in [0.15, 0.2) is 17.2 Å². The Labute approximate surface area is 172 Å². The number of ether oxygens (including phenoxy) is 1. The fraction of sp³-hybridized carbons (Fsp3) is 0.739. The van der Waals surface area contributed by atoms with Gasteiger partial charge >= 0.3 is 0 Å². The number of benzene rings is 1. The zero-order valence-electron chi connectivity index (χ0n) is 17.6. The first kappa shape index (κ1) is 20.4. The Balaban J connectivity index is 1.63. The fourth-order valence-corrected chi connectivity index (χ4v) is 6.01. The maximum absolute atomic E-state index is 11.0. The van der Waals surface area contributed by atoms with E-state index in [1.54, 1.807) is 0 Å². The standard InChI is InChI=1S/C23H33N3O3/c1-22(2)18-7-6-16(27)14-17(18)21-19(28)12-15(13-20(21)29-22)23(9-5-10-23)8-3-4-11-25-26-24/h12-13,16-18,27-28H,3-11,14H2,1-2H3/t16-,17+,18+/m0/s1. The van der Waals surface area contributed by atoms with Crippen LogP contribution in [-0.2, 0) is 5.41 Å². The Hall–Kier alpha value is -1.91. The first-order chi connectivity index (χ1) is 13.9. The van der Waals surface area contributed by atoms with Crippen LogP contribution in [-0.4, -0.2) is 28.5 Å². The predicted molar refractivity (Wildman–Crippen MR) is 112 cm³/mol. The molecular weight excluding hydrogens is 366 g/mol. The Kier molecular flexibility index (Phi) is 5.43. The van der Waals surface area contributed by atoms with Crippen molar-refractivity contribution in [2.45, 2.75) is 94.7 Å². The minimum atomic E-state index is -0.301. The normalized spacial score (nSPS) is 28.9. The van der Waals surface area contributed by atoms with Gasteiger partial charge in [-0.1, -0.05) is 18.0 Å². The van der Waals surface area contributed by atoms with Gasteiger partial charge in [-0.3, -0.25) is 0 Å². The van der Waals surface area contributed by atoms with Crippen molar-refractivity contribution in [1.29, 1.82) is 0 Å². The van der Waals surface area contributed by atoms with Crippen LogP contribution in [0.2, 0.25) is 0 Å². The molecular formula is C23H33N3O3. The molecule has 0 unspecified atom stereocenters. The fourth-order valence-electron chi connectivity index (χ4n) is 6.01. The van der Waals surface area contributed by atoms with Crippen LogP contribution < -0.4 is 4.74 Å². The van der Waals surface area contributed by atoms with Gasteiger partial charge in [0.15, 0.2) is 0 Å². The van der Waals surface area contributed by atoms with Crippen molar-refractivity contribution in [2.75, 3.05) is 6.54 Å². The van der Waals surface area contributed by atoms with Crippen LogP contribution in [0.1, 0.15) is 88.7 Å². The number of fused-ring (bicyclic) bond motifs is 3. The van der Waals surface area contributed by atoms with E-state index in [-0.39, 0.29) is 23.0 Å². The lowest BCUT2D eigenvalue weighted by Gasteiger charge is -2.49. The average Bonchev–Trinajstić information content (AvgIpc) is 2.62. The monoisotopic (exact) mass is 399 g/mol. The molecule has 2 N–H and O–H groups in total. The molecule has 158 valence electrons. The number of hydrogen-bond acceptors (Lipinski definition) is 4. The van der Waals surface area contributed by atoms with E-state index in [1.807, 2.05) is 6.07 Å². The molecule has 3 atom stereocenters. The minimum Gasteiger partial charge on any atom is -0.508 e. The average molecular weight is 400 g/mol. The van der Waals surface area contributed by atoms with Gasteiger partial charge in [0.1, 0.15) is 17.1 Å². The number of nitrogens with zero attached hydrogens (tertiary/aromatic N) is 3. The molecule has 1 heterocycles. The topological polar surface area (TPSA) is 98.5 Å². The lowest BCUT2D eigenvalue weighted by Crippen LogP contribution is -2.47. The molecule has 6 nitrogen and oxygen atoms in total. The molecule has 0 spiro atoms. The van der Waals surface area contributed by atoms with Crippen molar-refractivity contribution in [3.8, 4) is 11.5 Å².